The number of nitrogens with one attached hydrogen (secondary N) is 1. The summed E-state index contributed by atoms with van der Waals surface area (Å²) >= 11 is 5.87. The number of ether oxygens (including phenoxy) is 1. The third-order valence-corrected chi connectivity index (χ3v) is 5.04. The van der Waals surface area contributed by atoms with Crippen LogP contribution < -0.4 is 10.1 Å². The van der Waals surface area contributed by atoms with E-state index in [9.17, 15) is 9.59 Å². The van der Waals surface area contributed by atoms with Crippen LogP contribution in [-0.2, 0) is 4.79 Å². The van der Waals surface area contributed by atoms with Crippen molar-refractivity contribution in [1.82, 2.24) is 9.80 Å². The number of amides is 3. The number of nitrogens with zero attached hydrogens (tertiary/aromatic N) is 3. The van der Waals surface area contributed by atoms with Gasteiger partial charge in [0.15, 0.2) is 6.61 Å². The molecule has 2 aromatic carbocycles. The Morgan fingerprint density at radius 3 is 2.42 bits per heavy atom. The summed E-state index contributed by atoms with van der Waals surface area (Å²) in [5, 5.41) is 12.0. The second kappa shape index (κ2) is 11.0. The molecule has 0 spiro atoms. The van der Waals surface area contributed by atoms with Gasteiger partial charge in [-0.1, -0.05) is 23.7 Å². The van der Waals surface area contributed by atoms with Gasteiger partial charge in [0.1, 0.15) is 11.8 Å². The lowest BCUT2D eigenvalue weighted by Gasteiger charge is -2.22. The second-order valence-corrected chi connectivity index (χ2v) is 7.39. The number of hydrogen-bond acceptors (Lipinski definition) is 4. The van der Waals surface area contributed by atoms with Crippen LogP contribution in [0.3, 0.4) is 0 Å². The van der Waals surface area contributed by atoms with E-state index in [1.54, 1.807) is 52.3 Å². The number of rotatable bonds is 5. The zero-order valence-electron chi connectivity index (χ0n) is 17.0. The minimum atomic E-state index is -0.189. The van der Waals surface area contributed by atoms with Crippen molar-refractivity contribution in [2.45, 2.75) is 6.42 Å². The Morgan fingerprint density at radius 2 is 1.71 bits per heavy atom. The molecule has 7 nitrogen and oxygen atoms in total. The van der Waals surface area contributed by atoms with Gasteiger partial charge in [0, 0.05) is 43.0 Å². The summed E-state index contributed by atoms with van der Waals surface area (Å²) in [4.78, 5) is 28.6. The molecule has 1 saturated heterocycles. The van der Waals surface area contributed by atoms with E-state index in [0.29, 0.717) is 49.1 Å². The molecule has 0 saturated carbocycles. The smallest absolute Gasteiger partial charge is 0.321 e. The molecule has 0 aromatic heterocycles. The van der Waals surface area contributed by atoms with E-state index in [2.05, 4.69) is 5.32 Å². The minimum absolute atomic E-state index is 0.00261. The maximum atomic E-state index is 12.6. The van der Waals surface area contributed by atoms with Gasteiger partial charge in [0.25, 0.3) is 0 Å². The maximum absolute atomic E-state index is 12.6. The molecule has 3 rings (SSSR count). The minimum Gasteiger partial charge on any atom is -0.479 e. The standard InChI is InChI=1S/C23H23ClN4O3/c24-19-5-7-20(8-6-19)26-23(30)28-14-1-13-27(15-16-28)22(29)11-4-18-2-9-21(10-3-18)31-17-12-25/h2-11H,1,13-17H2,(H,26,30)/b11-4+. The topological polar surface area (TPSA) is 85.7 Å². The van der Waals surface area contributed by atoms with Crippen molar-refractivity contribution in [3.8, 4) is 11.8 Å². The van der Waals surface area contributed by atoms with Crippen LogP contribution >= 0.6 is 11.6 Å². The highest BCUT2D eigenvalue weighted by Gasteiger charge is 2.21. The highest BCUT2D eigenvalue weighted by Crippen LogP contribution is 2.15. The Balaban J connectivity index is 1.50. The normalized spacial score (nSPS) is 14.1. The summed E-state index contributed by atoms with van der Waals surface area (Å²) in [6.45, 7) is 2.10. The Hall–Kier alpha value is -3.50. The van der Waals surface area contributed by atoms with Crippen LogP contribution in [0, 0.1) is 11.3 Å². The number of carbonyl (C=O) groups excluding carboxylic acids is 2. The van der Waals surface area contributed by atoms with E-state index >= 15 is 0 Å². The molecule has 1 fully saturated rings. The number of hydrogen-bond donors (Lipinski definition) is 1. The summed E-state index contributed by atoms with van der Waals surface area (Å²) in [5.41, 5.74) is 1.54. The largest absolute Gasteiger partial charge is 0.479 e. The molecule has 2 aromatic rings. The molecule has 0 unspecified atom stereocenters. The van der Waals surface area contributed by atoms with E-state index in [0.717, 1.165) is 5.56 Å². The van der Waals surface area contributed by atoms with Crippen LogP contribution in [0.2, 0.25) is 5.02 Å². The quantitative estimate of drug-likeness (QED) is 0.714. The monoisotopic (exact) mass is 438 g/mol. The fourth-order valence-electron chi connectivity index (χ4n) is 3.14. The van der Waals surface area contributed by atoms with Gasteiger partial charge in [-0.05, 0) is 54.5 Å². The fourth-order valence-corrected chi connectivity index (χ4v) is 3.27. The number of anilines is 1. The van der Waals surface area contributed by atoms with Gasteiger partial charge < -0.3 is 19.9 Å². The van der Waals surface area contributed by atoms with Gasteiger partial charge in [-0.15, -0.1) is 0 Å². The lowest BCUT2D eigenvalue weighted by molar-refractivity contribution is -0.125. The van der Waals surface area contributed by atoms with Crippen molar-refractivity contribution in [2.75, 3.05) is 38.1 Å². The molecule has 0 radical (unpaired) electrons. The van der Waals surface area contributed by atoms with E-state index in [4.69, 9.17) is 21.6 Å². The molecule has 0 bridgehead atoms. The molecular formula is C23H23ClN4O3. The first-order valence-corrected chi connectivity index (χ1v) is 10.3. The first-order chi connectivity index (χ1) is 15.0. The van der Waals surface area contributed by atoms with Gasteiger partial charge in [-0.3, -0.25) is 4.79 Å². The molecule has 0 aliphatic carbocycles. The first-order valence-electron chi connectivity index (χ1n) is 9.93. The van der Waals surface area contributed by atoms with Crippen LogP contribution in [0.1, 0.15) is 12.0 Å². The van der Waals surface area contributed by atoms with Crippen LogP contribution in [-0.4, -0.2) is 54.5 Å². The Bertz CT molecular complexity index is 968. The highest BCUT2D eigenvalue weighted by atomic mass is 35.5. The Morgan fingerprint density at radius 1 is 1.03 bits per heavy atom. The number of halogens is 1. The molecule has 1 N–H and O–H groups in total. The molecule has 8 heteroatoms. The summed E-state index contributed by atoms with van der Waals surface area (Å²) in [5.74, 6) is 0.513. The summed E-state index contributed by atoms with van der Waals surface area (Å²) in [7, 11) is 0. The van der Waals surface area contributed by atoms with Gasteiger partial charge in [-0.25, -0.2) is 4.79 Å². The molecule has 160 valence electrons. The fraction of sp³-hybridized carbons (Fsp3) is 0.261. The Labute approximate surface area is 186 Å². The van der Waals surface area contributed by atoms with Crippen LogP contribution in [0.15, 0.2) is 54.6 Å². The van der Waals surface area contributed by atoms with Gasteiger partial charge in [0.05, 0.1) is 0 Å². The number of benzene rings is 2. The van der Waals surface area contributed by atoms with E-state index in [-0.39, 0.29) is 18.5 Å². The predicted octanol–water partition coefficient (Wildman–Crippen LogP) is 4.02. The maximum Gasteiger partial charge on any atom is 0.321 e. The molecular weight excluding hydrogens is 416 g/mol. The van der Waals surface area contributed by atoms with Crippen LogP contribution in [0.5, 0.6) is 5.75 Å². The lowest BCUT2D eigenvalue weighted by atomic mass is 10.2. The van der Waals surface area contributed by atoms with Crippen molar-refractivity contribution in [2.24, 2.45) is 0 Å². The molecule has 1 aliphatic heterocycles. The van der Waals surface area contributed by atoms with Crippen molar-refractivity contribution < 1.29 is 14.3 Å². The summed E-state index contributed by atoms with van der Waals surface area (Å²) in [6.07, 6.45) is 3.99. The van der Waals surface area contributed by atoms with Gasteiger partial charge in [-0.2, -0.15) is 5.26 Å². The zero-order valence-corrected chi connectivity index (χ0v) is 17.7. The van der Waals surface area contributed by atoms with Crippen molar-refractivity contribution in [1.29, 1.82) is 5.26 Å². The number of urea groups is 1. The predicted molar refractivity (Wildman–Crippen MR) is 120 cm³/mol. The van der Waals surface area contributed by atoms with Gasteiger partial charge >= 0.3 is 6.03 Å². The number of nitriles is 1. The zero-order chi connectivity index (χ0) is 22.1. The second-order valence-electron chi connectivity index (χ2n) is 6.95. The van der Waals surface area contributed by atoms with Crippen molar-refractivity contribution in [3.05, 3.63) is 65.2 Å². The summed E-state index contributed by atoms with van der Waals surface area (Å²) < 4.78 is 5.21. The molecule has 1 aliphatic rings. The van der Waals surface area contributed by atoms with E-state index in [1.807, 2.05) is 18.2 Å². The van der Waals surface area contributed by atoms with Crippen LogP contribution in [0.25, 0.3) is 6.08 Å². The van der Waals surface area contributed by atoms with Crippen molar-refractivity contribution >= 4 is 35.3 Å². The average Bonchev–Trinajstić information content (AvgIpc) is 3.05. The third-order valence-electron chi connectivity index (χ3n) is 4.79. The van der Waals surface area contributed by atoms with Crippen molar-refractivity contribution in [3.63, 3.8) is 0 Å². The van der Waals surface area contributed by atoms with E-state index < -0.39 is 0 Å². The highest BCUT2D eigenvalue weighted by molar-refractivity contribution is 6.30. The van der Waals surface area contributed by atoms with Gasteiger partial charge in [0.2, 0.25) is 5.91 Å². The van der Waals surface area contributed by atoms with Crippen LogP contribution in [0.4, 0.5) is 10.5 Å². The third kappa shape index (κ3) is 6.76. The molecule has 3 amide bonds. The molecule has 0 atom stereocenters. The van der Waals surface area contributed by atoms with E-state index in [1.165, 1.54) is 6.08 Å². The SMILES string of the molecule is N#CCOc1ccc(/C=C/C(=O)N2CCCN(C(=O)Nc3ccc(Cl)cc3)CC2)cc1. The molecule has 1 heterocycles. The number of carbonyl (C=O) groups is 2. The molecule has 31 heavy (non-hydrogen) atoms. The Kier molecular flexibility index (Phi) is 7.91. The first kappa shape index (κ1) is 22.2. The average molecular weight is 439 g/mol. The summed E-state index contributed by atoms with van der Waals surface area (Å²) in [6, 6.07) is 15.8. The lowest BCUT2D eigenvalue weighted by Crippen LogP contribution is -2.39.